The summed E-state index contributed by atoms with van der Waals surface area (Å²) in [6, 6.07) is 15.1. The van der Waals surface area contributed by atoms with E-state index in [-0.39, 0.29) is 29.4 Å². The number of nitrogens with zero attached hydrogens (tertiary/aromatic N) is 1. The Morgan fingerprint density at radius 2 is 1.63 bits per heavy atom. The van der Waals surface area contributed by atoms with Crippen molar-refractivity contribution in [3.8, 4) is 0 Å². The second-order valence-electron chi connectivity index (χ2n) is 6.01. The molecule has 0 saturated heterocycles. The van der Waals surface area contributed by atoms with Crippen LogP contribution in [0.25, 0.3) is 0 Å². The van der Waals surface area contributed by atoms with Gasteiger partial charge in [0.1, 0.15) is 5.82 Å². The number of hydrogen-bond donors (Lipinski definition) is 2. The van der Waals surface area contributed by atoms with Gasteiger partial charge in [0.05, 0.1) is 11.1 Å². The van der Waals surface area contributed by atoms with Crippen molar-refractivity contribution >= 4 is 17.5 Å². The molecule has 1 aromatic heterocycles. The lowest BCUT2D eigenvalue weighted by molar-refractivity contribution is 0.0950. The number of halogens is 1. The van der Waals surface area contributed by atoms with E-state index in [1.54, 1.807) is 24.3 Å². The molecular formula is C21H18FN3O2. The number of rotatable bonds is 5. The van der Waals surface area contributed by atoms with Gasteiger partial charge in [-0.05, 0) is 30.7 Å². The second kappa shape index (κ2) is 8.23. The first-order chi connectivity index (χ1) is 13.0. The van der Waals surface area contributed by atoms with E-state index in [1.807, 2.05) is 25.1 Å². The summed E-state index contributed by atoms with van der Waals surface area (Å²) in [7, 11) is 0. The van der Waals surface area contributed by atoms with Crippen molar-refractivity contribution in [2.45, 2.75) is 13.5 Å². The van der Waals surface area contributed by atoms with Crippen LogP contribution in [0.5, 0.6) is 0 Å². The topological polar surface area (TPSA) is 71.1 Å². The van der Waals surface area contributed by atoms with Crippen molar-refractivity contribution in [2.75, 3.05) is 5.32 Å². The zero-order chi connectivity index (χ0) is 19.2. The molecule has 0 aliphatic carbocycles. The van der Waals surface area contributed by atoms with Gasteiger partial charge in [0.25, 0.3) is 11.8 Å². The van der Waals surface area contributed by atoms with Crippen molar-refractivity contribution in [3.05, 3.63) is 95.1 Å². The Labute approximate surface area is 156 Å². The molecule has 0 aliphatic heterocycles. The van der Waals surface area contributed by atoms with Gasteiger partial charge in [0.15, 0.2) is 0 Å². The van der Waals surface area contributed by atoms with E-state index in [0.717, 1.165) is 5.56 Å². The van der Waals surface area contributed by atoms with Crippen LogP contribution in [0.4, 0.5) is 10.1 Å². The van der Waals surface area contributed by atoms with Gasteiger partial charge in [-0.2, -0.15) is 0 Å². The molecule has 2 amide bonds. The van der Waals surface area contributed by atoms with Gasteiger partial charge in [0, 0.05) is 30.2 Å². The van der Waals surface area contributed by atoms with E-state index in [4.69, 9.17) is 0 Å². The average molecular weight is 363 g/mol. The van der Waals surface area contributed by atoms with Gasteiger partial charge < -0.3 is 10.6 Å². The van der Waals surface area contributed by atoms with Crippen LogP contribution in [0.3, 0.4) is 0 Å². The fraction of sp³-hybridized carbons (Fsp3) is 0.0952. The highest BCUT2D eigenvalue weighted by molar-refractivity contribution is 6.06. The first-order valence-corrected chi connectivity index (χ1v) is 8.38. The Morgan fingerprint density at radius 1 is 0.963 bits per heavy atom. The van der Waals surface area contributed by atoms with Gasteiger partial charge in [0.2, 0.25) is 0 Å². The molecule has 27 heavy (non-hydrogen) atoms. The van der Waals surface area contributed by atoms with Crippen molar-refractivity contribution in [2.24, 2.45) is 0 Å². The highest BCUT2D eigenvalue weighted by atomic mass is 19.1. The quantitative estimate of drug-likeness (QED) is 0.726. The molecule has 3 aromatic rings. The summed E-state index contributed by atoms with van der Waals surface area (Å²) in [5, 5.41) is 5.43. The minimum atomic E-state index is -0.434. The monoisotopic (exact) mass is 363 g/mol. The molecular weight excluding hydrogens is 345 g/mol. The van der Waals surface area contributed by atoms with Crippen molar-refractivity contribution in [3.63, 3.8) is 0 Å². The molecule has 0 atom stereocenters. The third-order valence-corrected chi connectivity index (χ3v) is 4.05. The smallest absolute Gasteiger partial charge is 0.257 e. The SMILES string of the molecule is Cc1ccccc1NC(=O)c1cncc(C(=O)NCc2ccccc2F)c1. The average Bonchev–Trinajstić information content (AvgIpc) is 2.69. The largest absolute Gasteiger partial charge is 0.348 e. The van der Waals surface area contributed by atoms with E-state index in [1.165, 1.54) is 24.5 Å². The minimum Gasteiger partial charge on any atom is -0.348 e. The number of aryl methyl sites for hydroxylation is 1. The summed E-state index contributed by atoms with van der Waals surface area (Å²) in [4.78, 5) is 28.7. The summed E-state index contributed by atoms with van der Waals surface area (Å²) in [6.07, 6.45) is 2.75. The van der Waals surface area contributed by atoms with E-state index in [9.17, 15) is 14.0 Å². The van der Waals surface area contributed by atoms with Crippen molar-refractivity contribution in [1.82, 2.24) is 10.3 Å². The number of para-hydroxylation sites is 1. The van der Waals surface area contributed by atoms with Gasteiger partial charge in [-0.15, -0.1) is 0 Å². The first kappa shape index (κ1) is 18.3. The van der Waals surface area contributed by atoms with Crippen LogP contribution in [-0.4, -0.2) is 16.8 Å². The van der Waals surface area contributed by atoms with Crippen molar-refractivity contribution in [1.29, 1.82) is 0 Å². The van der Waals surface area contributed by atoms with Crippen LogP contribution in [0.15, 0.2) is 67.0 Å². The number of carbonyl (C=O) groups is 2. The molecule has 0 spiro atoms. The number of aromatic nitrogens is 1. The van der Waals surface area contributed by atoms with E-state index in [2.05, 4.69) is 15.6 Å². The number of nitrogens with one attached hydrogen (secondary N) is 2. The maximum Gasteiger partial charge on any atom is 0.257 e. The molecule has 0 radical (unpaired) electrons. The maximum atomic E-state index is 13.6. The Kier molecular flexibility index (Phi) is 5.56. The van der Waals surface area contributed by atoms with Crippen LogP contribution in [0.1, 0.15) is 31.8 Å². The maximum absolute atomic E-state index is 13.6. The van der Waals surface area contributed by atoms with Gasteiger partial charge in [-0.25, -0.2) is 4.39 Å². The molecule has 0 fully saturated rings. The van der Waals surface area contributed by atoms with Crippen LogP contribution in [-0.2, 0) is 6.54 Å². The summed E-state index contributed by atoms with van der Waals surface area (Å²) >= 11 is 0. The third-order valence-electron chi connectivity index (χ3n) is 4.05. The number of amides is 2. The standard InChI is InChI=1S/C21H18FN3O2/c1-14-6-2-5-9-19(14)25-21(27)17-10-16(11-23-12-17)20(26)24-13-15-7-3-4-8-18(15)22/h2-12H,13H2,1H3,(H,24,26)(H,25,27). The highest BCUT2D eigenvalue weighted by Crippen LogP contribution is 2.15. The summed E-state index contributed by atoms with van der Waals surface area (Å²) in [5.74, 6) is -1.18. The molecule has 1 heterocycles. The lowest BCUT2D eigenvalue weighted by atomic mass is 10.1. The predicted molar refractivity (Wildman–Crippen MR) is 101 cm³/mol. The molecule has 0 aliphatic rings. The van der Waals surface area contributed by atoms with Gasteiger partial charge in [-0.3, -0.25) is 14.6 Å². The molecule has 136 valence electrons. The normalized spacial score (nSPS) is 10.3. The van der Waals surface area contributed by atoms with Crippen LogP contribution in [0.2, 0.25) is 0 Å². The van der Waals surface area contributed by atoms with E-state index >= 15 is 0 Å². The number of carbonyl (C=O) groups excluding carboxylic acids is 2. The Bertz CT molecular complexity index is 988. The van der Waals surface area contributed by atoms with Crippen molar-refractivity contribution < 1.29 is 14.0 Å². The van der Waals surface area contributed by atoms with Gasteiger partial charge >= 0.3 is 0 Å². The zero-order valence-corrected chi connectivity index (χ0v) is 14.7. The van der Waals surface area contributed by atoms with Crippen LogP contribution >= 0.6 is 0 Å². The fourth-order valence-corrected chi connectivity index (χ4v) is 2.52. The van der Waals surface area contributed by atoms with E-state index < -0.39 is 5.91 Å². The lowest BCUT2D eigenvalue weighted by Gasteiger charge is -2.09. The fourth-order valence-electron chi connectivity index (χ4n) is 2.52. The number of pyridine rings is 1. The summed E-state index contributed by atoms with van der Waals surface area (Å²) in [5.41, 5.74) is 2.49. The molecule has 5 nitrogen and oxygen atoms in total. The third kappa shape index (κ3) is 4.55. The van der Waals surface area contributed by atoms with E-state index in [0.29, 0.717) is 11.3 Å². The summed E-state index contributed by atoms with van der Waals surface area (Å²) < 4.78 is 13.6. The molecule has 2 N–H and O–H groups in total. The molecule has 3 rings (SSSR count). The molecule has 0 saturated carbocycles. The minimum absolute atomic E-state index is 0.0468. The Morgan fingerprint density at radius 3 is 2.37 bits per heavy atom. The molecule has 0 unspecified atom stereocenters. The van der Waals surface area contributed by atoms with Gasteiger partial charge in [-0.1, -0.05) is 36.4 Å². The lowest BCUT2D eigenvalue weighted by Crippen LogP contribution is -2.24. The highest BCUT2D eigenvalue weighted by Gasteiger charge is 2.13. The van der Waals surface area contributed by atoms with Crippen LogP contribution in [0, 0.1) is 12.7 Å². The predicted octanol–water partition coefficient (Wildman–Crippen LogP) is 3.71. The number of hydrogen-bond acceptors (Lipinski definition) is 3. The number of benzene rings is 2. The second-order valence-corrected chi connectivity index (χ2v) is 6.01. The number of anilines is 1. The Hall–Kier alpha value is -3.54. The first-order valence-electron chi connectivity index (χ1n) is 8.38. The zero-order valence-electron chi connectivity index (χ0n) is 14.7. The molecule has 6 heteroatoms. The molecule has 2 aromatic carbocycles. The van der Waals surface area contributed by atoms with Crippen LogP contribution < -0.4 is 10.6 Å². The Balaban J connectivity index is 1.69. The summed E-state index contributed by atoms with van der Waals surface area (Å²) in [6.45, 7) is 1.94. The molecule has 0 bridgehead atoms.